The van der Waals surface area contributed by atoms with Crippen molar-refractivity contribution in [3.8, 4) is 0 Å². The van der Waals surface area contributed by atoms with Crippen molar-refractivity contribution in [2.45, 2.75) is 32.7 Å². The fourth-order valence-corrected chi connectivity index (χ4v) is 5.02. The molecule has 176 valence electrons. The van der Waals surface area contributed by atoms with Gasteiger partial charge in [0.05, 0.1) is 11.4 Å². The molecular weight excluding hydrogens is 444 g/mol. The fraction of sp³-hybridized carbons (Fsp3) is 0.296. The van der Waals surface area contributed by atoms with Crippen LogP contribution in [0.2, 0.25) is 0 Å². The number of anilines is 3. The SMILES string of the molecule is CC(=O)N(c1ccccc1)c1nc(C=CC(=O)N(C)Cc2ccccc2N2CCCCC2)cs1. The van der Waals surface area contributed by atoms with Crippen LogP contribution in [0.1, 0.15) is 37.4 Å². The highest BCUT2D eigenvalue weighted by Gasteiger charge is 2.18. The monoisotopic (exact) mass is 474 g/mol. The number of likely N-dealkylation sites (N-methyl/N-ethyl adjacent to an activating group) is 1. The highest BCUT2D eigenvalue weighted by molar-refractivity contribution is 7.14. The summed E-state index contributed by atoms with van der Waals surface area (Å²) in [6, 6.07) is 17.8. The van der Waals surface area contributed by atoms with Gasteiger partial charge in [-0.2, -0.15) is 0 Å². The van der Waals surface area contributed by atoms with E-state index in [1.165, 1.54) is 43.2 Å². The number of carbonyl (C=O) groups is 2. The topological polar surface area (TPSA) is 56.8 Å². The quantitative estimate of drug-likeness (QED) is 0.425. The Morgan fingerprint density at radius 1 is 1.03 bits per heavy atom. The number of benzene rings is 2. The van der Waals surface area contributed by atoms with Crippen LogP contribution in [0.25, 0.3) is 6.08 Å². The van der Waals surface area contributed by atoms with E-state index in [1.807, 2.05) is 48.8 Å². The van der Waals surface area contributed by atoms with E-state index in [9.17, 15) is 9.59 Å². The van der Waals surface area contributed by atoms with E-state index in [0.717, 1.165) is 24.3 Å². The number of hydrogen-bond acceptors (Lipinski definition) is 5. The largest absolute Gasteiger partial charge is 0.371 e. The van der Waals surface area contributed by atoms with Gasteiger partial charge in [-0.05, 0) is 49.1 Å². The lowest BCUT2D eigenvalue weighted by molar-refractivity contribution is -0.125. The Bertz CT molecular complexity index is 1150. The van der Waals surface area contributed by atoms with E-state index in [0.29, 0.717) is 17.4 Å². The molecule has 0 saturated carbocycles. The highest BCUT2D eigenvalue weighted by atomic mass is 32.1. The molecule has 7 heteroatoms. The van der Waals surface area contributed by atoms with Gasteiger partial charge in [-0.15, -0.1) is 11.3 Å². The molecule has 0 unspecified atom stereocenters. The van der Waals surface area contributed by atoms with Crippen LogP contribution in [-0.4, -0.2) is 41.8 Å². The van der Waals surface area contributed by atoms with Crippen molar-refractivity contribution < 1.29 is 9.59 Å². The van der Waals surface area contributed by atoms with Crippen molar-refractivity contribution in [1.82, 2.24) is 9.88 Å². The summed E-state index contributed by atoms with van der Waals surface area (Å²) in [6.07, 6.45) is 6.97. The molecular formula is C27H30N4O2S. The molecule has 1 aliphatic heterocycles. The number of hydrogen-bond donors (Lipinski definition) is 0. The molecule has 2 aromatic carbocycles. The average molecular weight is 475 g/mol. The van der Waals surface area contributed by atoms with Crippen molar-refractivity contribution in [3.63, 3.8) is 0 Å². The van der Waals surface area contributed by atoms with Gasteiger partial charge in [0.25, 0.3) is 0 Å². The van der Waals surface area contributed by atoms with Gasteiger partial charge in [0.2, 0.25) is 11.8 Å². The molecule has 4 rings (SSSR count). The number of aromatic nitrogens is 1. The second-order valence-corrected chi connectivity index (χ2v) is 9.29. The first-order valence-electron chi connectivity index (χ1n) is 11.6. The lowest BCUT2D eigenvalue weighted by Gasteiger charge is -2.31. The van der Waals surface area contributed by atoms with E-state index in [4.69, 9.17) is 0 Å². The predicted molar refractivity (Wildman–Crippen MR) is 139 cm³/mol. The van der Waals surface area contributed by atoms with Crippen molar-refractivity contribution in [1.29, 1.82) is 0 Å². The molecule has 0 spiro atoms. The van der Waals surface area contributed by atoms with E-state index >= 15 is 0 Å². The van der Waals surface area contributed by atoms with Gasteiger partial charge >= 0.3 is 0 Å². The van der Waals surface area contributed by atoms with E-state index in [2.05, 4.69) is 28.1 Å². The summed E-state index contributed by atoms with van der Waals surface area (Å²) in [5.74, 6) is -0.200. The summed E-state index contributed by atoms with van der Waals surface area (Å²) in [4.78, 5) is 35.3. The molecule has 2 amide bonds. The van der Waals surface area contributed by atoms with Gasteiger partial charge in [-0.3, -0.25) is 14.5 Å². The minimum atomic E-state index is -0.112. The predicted octanol–water partition coefficient (Wildman–Crippen LogP) is 5.49. The minimum Gasteiger partial charge on any atom is -0.371 e. The number of carbonyl (C=O) groups excluding carboxylic acids is 2. The van der Waals surface area contributed by atoms with Crippen LogP contribution in [0.5, 0.6) is 0 Å². The summed E-state index contributed by atoms with van der Waals surface area (Å²) in [5.41, 5.74) is 3.80. The number of para-hydroxylation sites is 2. The molecule has 6 nitrogen and oxygen atoms in total. The van der Waals surface area contributed by atoms with Crippen LogP contribution in [0, 0.1) is 0 Å². The Morgan fingerprint density at radius 2 is 1.74 bits per heavy atom. The molecule has 0 N–H and O–H groups in total. The summed E-state index contributed by atoms with van der Waals surface area (Å²) in [6.45, 7) is 4.20. The van der Waals surface area contributed by atoms with Gasteiger partial charge in [-0.25, -0.2) is 4.98 Å². The van der Waals surface area contributed by atoms with Gasteiger partial charge in [-0.1, -0.05) is 36.4 Å². The number of rotatable bonds is 7. The van der Waals surface area contributed by atoms with Crippen molar-refractivity contribution in [3.05, 3.63) is 77.3 Å². The van der Waals surface area contributed by atoms with Crippen LogP contribution in [0.4, 0.5) is 16.5 Å². The summed E-state index contributed by atoms with van der Waals surface area (Å²) in [7, 11) is 1.82. The van der Waals surface area contributed by atoms with Crippen LogP contribution < -0.4 is 9.80 Å². The first-order valence-corrected chi connectivity index (χ1v) is 12.5. The molecule has 2 heterocycles. The number of thiazole rings is 1. The summed E-state index contributed by atoms with van der Waals surface area (Å²) < 4.78 is 0. The summed E-state index contributed by atoms with van der Waals surface area (Å²) in [5, 5.41) is 2.43. The average Bonchev–Trinajstić information content (AvgIpc) is 3.32. The van der Waals surface area contributed by atoms with Crippen molar-refractivity contribution in [2.75, 3.05) is 29.9 Å². The normalized spacial score (nSPS) is 13.8. The third-order valence-corrected chi connectivity index (χ3v) is 6.74. The summed E-state index contributed by atoms with van der Waals surface area (Å²) >= 11 is 1.37. The van der Waals surface area contributed by atoms with Gasteiger partial charge in [0.1, 0.15) is 0 Å². The number of nitrogens with zero attached hydrogens (tertiary/aromatic N) is 4. The van der Waals surface area contributed by atoms with Crippen LogP contribution in [0.15, 0.2) is 66.1 Å². The molecule has 0 atom stereocenters. The third kappa shape index (κ3) is 5.72. The van der Waals surface area contributed by atoms with Crippen molar-refractivity contribution >= 4 is 45.7 Å². The smallest absolute Gasteiger partial charge is 0.246 e. The second-order valence-electron chi connectivity index (χ2n) is 8.45. The zero-order valence-electron chi connectivity index (χ0n) is 19.7. The Kier molecular flexibility index (Phi) is 7.75. The lowest BCUT2D eigenvalue weighted by Crippen LogP contribution is -2.31. The maximum atomic E-state index is 12.8. The molecule has 0 aliphatic carbocycles. The van der Waals surface area contributed by atoms with Gasteiger partial charge in [0.15, 0.2) is 5.13 Å². The Balaban J connectivity index is 1.43. The fourth-order valence-electron chi connectivity index (χ4n) is 4.16. The highest BCUT2D eigenvalue weighted by Crippen LogP contribution is 2.29. The number of piperidine rings is 1. The molecule has 3 aromatic rings. The first kappa shape index (κ1) is 23.7. The zero-order chi connectivity index (χ0) is 23.9. The van der Waals surface area contributed by atoms with Crippen molar-refractivity contribution in [2.24, 2.45) is 0 Å². The minimum absolute atomic E-state index is 0.0884. The maximum Gasteiger partial charge on any atom is 0.246 e. The third-order valence-electron chi connectivity index (χ3n) is 5.90. The second kappa shape index (κ2) is 11.1. The maximum absolute atomic E-state index is 12.8. The molecule has 1 fully saturated rings. The van der Waals surface area contributed by atoms with Crippen LogP contribution >= 0.6 is 11.3 Å². The van der Waals surface area contributed by atoms with Gasteiger partial charge < -0.3 is 9.80 Å². The molecule has 0 radical (unpaired) electrons. The molecule has 34 heavy (non-hydrogen) atoms. The molecule has 1 aromatic heterocycles. The van der Waals surface area contributed by atoms with Gasteiger partial charge in [0, 0.05) is 50.7 Å². The first-order chi connectivity index (χ1) is 16.5. The lowest BCUT2D eigenvalue weighted by atomic mass is 10.1. The standard InChI is InChI=1S/C27H30N4O2S/c1-21(32)31(24-12-5-3-6-13-24)27-28-23(20-34-27)15-16-26(33)29(2)19-22-11-7-8-14-25(22)30-17-9-4-10-18-30/h3,5-8,11-16,20H,4,9-10,17-19H2,1-2H3. The Hall–Kier alpha value is -3.45. The Labute approximate surface area is 205 Å². The van der Waals surface area contributed by atoms with Crippen LogP contribution in [0.3, 0.4) is 0 Å². The zero-order valence-corrected chi connectivity index (χ0v) is 20.5. The molecule has 1 aliphatic rings. The molecule has 0 bridgehead atoms. The molecule has 1 saturated heterocycles. The van der Waals surface area contributed by atoms with E-state index in [-0.39, 0.29) is 11.8 Å². The van der Waals surface area contributed by atoms with E-state index in [1.54, 1.807) is 22.0 Å². The Morgan fingerprint density at radius 3 is 2.47 bits per heavy atom. The number of amides is 2. The van der Waals surface area contributed by atoms with E-state index < -0.39 is 0 Å². The van der Waals surface area contributed by atoms with Crippen LogP contribution in [-0.2, 0) is 16.1 Å².